The zero-order valence-electron chi connectivity index (χ0n) is 5.39. The van der Waals surface area contributed by atoms with Crippen molar-refractivity contribution in [2.75, 3.05) is 6.61 Å². The highest BCUT2D eigenvalue weighted by Crippen LogP contribution is 2.12. The summed E-state index contributed by atoms with van der Waals surface area (Å²) < 4.78 is 0. The quantitative estimate of drug-likeness (QED) is 0.259. The van der Waals surface area contributed by atoms with Gasteiger partial charge in [-0.25, -0.2) is 0 Å². The molecule has 0 aliphatic heterocycles. The molecular weight excluding hydrogens is 142 g/mol. The van der Waals surface area contributed by atoms with E-state index in [1.54, 1.807) is 0 Å². The van der Waals surface area contributed by atoms with Crippen LogP contribution in [0.25, 0.3) is 0 Å². The molecule has 10 heavy (non-hydrogen) atoms. The number of aliphatic hydroxyl groups is 3. The molecule has 0 heterocycles. The molecule has 6 nitrogen and oxygen atoms in total. The lowest BCUT2D eigenvalue weighted by atomic mass is 10.1. The lowest BCUT2D eigenvalue weighted by Gasteiger charge is -2.16. The predicted molar refractivity (Wildman–Crippen MR) is 30.4 cm³/mol. The molecule has 0 aromatic heterocycles. The molecule has 0 aromatic carbocycles. The number of rotatable bonds is 3. The van der Waals surface area contributed by atoms with Crippen LogP contribution >= 0.6 is 0 Å². The lowest BCUT2D eigenvalue weighted by molar-refractivity contribution is -0.694. The van der Waals surface area contributed by atoms with Crippen LogP contribution in [0, 0.1) is 16.0 Å². The molecule has 0 aromatic rings. The minimum atomic E-state index is -3.02. The van der Waals surface area contributed by atoms with Crippen molar-refractivity contribution in [3.63, 3.8) is 0 Å². The summed E-state index contributed by atoms with van der Waals surface area (Å²) in [6, 6.07) is 0. The molecule has 1 unspecified atom stereocenters. The molecule has 3 N–H and O–H groups in total. The fourth-order valence-electron chi connectivity index (χ4n) is 0.302. The minimum Gasteiger partial charge on any atom is -0.396 e. The molecular formula is C4H9NO5. The van der Waals surface area contributed by atoms with Gasteiger partial charge in [-0.3, -0.25) is 10.1 Å². The van der Waals surface area contributed by atoms with Crippen LogP contribution in [0.15, 0.2) is 0 Å². The maximum absolute atomic E-state index is 9.82. The van der Waals surface area contributed by atoms with E-state index < -0.39 is 23.4 Å². The van der Waals surface area contributed by atoms with Gasteiger partial charge in [0.2, 0.25) is 0 Å². The van der Waals surface area contributed by atoms with Crippen LogP contribution in [0.1, 0.15) is 6.92 Å². The second kappa shape index (κ2) is 2.91. The van der Waals surface area contributed by atoms with Gasteiger partial charge in [-0.15, -0.1) is 0 Å². The Balaban J connectivity index is 4.23. The van der Waals surface area contributed by atoms with E-state index in [0.717, 1.165) is 6.92 Å². The molecule has 1 atom stereocenters. The average Bonchev–Trinajstić information content (AvgIpc) is 1.86. The maximum atomic E-state index is 9.82. The van der Waals surface area contributed by atoms with Gasteiger partial charge in [-0.2, -0.15) is 0 Å². The van der Waals surface area contributed by atoms with Crippen molar-refractivity contribution in [2.45, 2.75) is 12.8 Å². The molecule has 0 spiro atoms. The summed E-state index contributed by atoms with van der Waals surface area (Å²) in [5, 5.41) is 35.2. The number of hydrogen-bond acceptors (Lipinski definition) is 5. The Kier molecular flexibility index (Phi) is 2.70. The van der Waals surface area contributed by atoms with Crippen LogP contribution in [-0.4, -0.2) is 32.8 Å². The molecule has 0 rings (SSSR count). The number of aliphatic hydroxyl groups excluding tert-OH is 1. The van der Waals surface area contributed by atoms with Gasteiger partial charge < -0.3 is 15.3 Å². The van der Waals surface area contributed by atoms with E-state index >= 15 is 0 Å². The van der Waals surface area contributed by atoms with E-state index in [1.165, 1.54) is 0 Å². The van der Waals surface area contributed by atoms with Crippen LogP contribution < -0.4 is 0 Å². The van der Waals surface area contributed by atoms with Gasteiger partial charge in [-0.1, -0.05) is 0 Å². The maximum Gasteiger partial charge on any atom is 0.441 e. The van der Waals surface area contributed by atoms with Gasteiger partial charge in [-0.05, 0) is 6.92 Å². The largest absolute Gasteiger partial charge is 0.441 e. The summed E-state index contributed by atoms with van der Waals surface area (Å²) in [5.41, 5.74) is 0. The normalized spacial score (nSPS) is 14.8. The summed E-state index contributed by atoms with van der Waals surface area (Å²) in [7, 11) is 0. The standard InChI is InChI=1S/C4H9NO5/c1-3(2-6)4(7,8)5(9)10/h3,6-8H,2H2,1H3. The van der Waals surface area contributed by atoms with Crippen LogP contribution in [0.3, 0.4) is 0 Å². The van der Waals surface area contributed by atoms with Crippen molar-refractivity contribution < 1.29 is 20.2 Å². The highest BCUT2D eigenvalue weighted by atomic mass is 16.7. The van der Waals surface area contributed by atoms with Crippen LogP contribution in [0.5, 0.6) is 0 Å². The Morgan fingerprint density at radius 3 is 2.20 bits per heavy atom. The minimum absolute atomic E-state index is 0.645. The Labute approximate surface area is 56.9 Å². The SMILES string of the molecule is CC(CO)C(O)(O)[N+](=O)[O-]. The third-order valence-corrected chi connectivity index (χ3v) is 1.20. The molecule has 6 heteroatoms. The Morgan fingerprint density at radius 1 is 1.70 bits per heavy atom. The predicted octanol–water partition coefficient (Wildman–Crippen LogP) is -1.47. The Hall–Kier alpha value is -0.720. The zero-order valence-corrected chi connectivity index (χ0v) is 5.39. The first kappa shape index (κ1) is 9.28. The van der Waals surface area contributed by atoms with Gasteiger partial charge in [0.25, 0.3) is 0 Å². The second-order valence-corrected chi connectivity index (χ2v) is 2.03. The highest BCUT2D eigenvalue weighted by molar-refractivity contribution is 4.58. The van der Waals surface area contributed by atoms with Gasteiger partial charge in [0.15, 0.2) is 0 Å². The summed E-state index contributed by atoms with van der Waals surface area (Å²) in [4.78, 5) is 8.56. The van der Waals surface area contributed by atoms with Gasteiger partial charge in [0, 0.05) is 0 Å². The van der Waals surface area contributed by atoms with Crippen molar-refractivity contribution in [1.82, 2.24) is 0 Å². The van der Waals surface area contributed by atoms with Crippen LogP contribution in [0.4, 0.5) is 0 Å². The van der Waals surface area contributed by atoms with Gasteiger partial charge >= 0.3 is 5.91 Å². The van der Waals surface area contributed by atoms with Crippen molar-refractivity contribution in [1.29, 1.82) is 0 Å². The lowest BCUT2D eigenvalue weighted by Crippen LogP contribution is -2.45. The summed E-state index contributed by atoms with van der Waals surface area (Å²) in [6.45, 7) is 0.511. The average molecular weight is 151 g/mol. The van der Waals surface area contributed by atoms with Gasteiger partial charge in [0.1, 0.15) is 5.92 Å². The molecule has 0 saturated carbocycles. The molecule has 0 saturated heterocycles. The summed E-state index contributed by atoms with van der Waals surface area (Å²) in [6.07, 6.45) is 0. The third-order valence-electron chi connectivity index (χ3n) is 1.20. The highest BCUT2D eigenvalue weighted by Gasteiger charge is 2.44. The second-order valence-electron chi connectivity index (χ2n) is 2.03. The Morgan fingerprint density at radius 2 is 2.10 bits per heavy atom. The van der Waals surface area contributed by atoms with Crippen molar-refractivity contribution >= 4 is 0 Å². The molecule has 0 radical (unpaired) electrons. The first-order valence-corrected chi connectivity index (χ1v) is 2.63. The fourth-order valence-corrected chi connectivity index (χ4v) is 0.302. The molecule has 60 valence electrons. The van der Waals surface area contributed by atoms with Crippen LogP contribution in [-0.2, 0) is 0 Å². The van der Waals surface area contributed by atoms with Crippen LogP contribution in [0.2, 0.25) is 0 Å². The van der Waals surface area contributed by atoms with E-state index in [2.05, 4.69) is 0 Å². The molecule has 0 amide bonds. The summed E-state index contributed by atoms with van der Waals surface area (Å²) in [5.74, 6) is -4.21. The van der Waals surface area contributed by atoms with Crippen molar-refractivity contribution in [3.8, 4) is 0 Å². The fraction of sp³-hybridized carbons (Fsp3) is 1.00. The monoisotopic (exact) mass is 151 g/mol. The van der Waals surface area contributed by atoms with E-state index in [4.69, 9.17) is 15.3 Å². The van der Waals surface area contributed by atoms with E-state index in [1.807, 2.05) is 0 Å². The van der Waals surface area contributed by atoms with Crippen molar-refractivity contribution in [3.05, 3.63) is 10.1 Å². The first-order chi connectivity index (χ1) is 4.42. The third kappa shape index (κ3) is 1.63. The topological polar surface area (TPSA) is 104 Å². The first-order valence-electron chi connectivity index (χ1n) is 2.63. The number of nitro groups is 1. The molecule has 0 aliphatic rings. The van der Waals surface area contributed by atoms with E-state index in [0.29, 0.717) is 0 Å². The van der Waals surface area contributed by atoms with Crippen molar-refractivity contribution in [2.24, 2.45) is 5.92 Å². The molecule has 0 bridgehead atoms. The number of hydrogen-bond donors (Lipinski definition) is 3. The molecule has 0 fully saturated rings. The van der Waals surface area contributed by atoms with Gasteiger partial charge in [0.05, 0.1) is 11.5 Å². The zero-order chi connectivity index (χ0) is 8.36. The molecule has 0 aliphatic carbocycles. The number of nitrogens with zero attached hydrogens (tertiary/aromatic N) is 1. The Bertz CT molecular complexity index is 134. The smallest absolute Gasteiger partial charge is 0.396 e. The van der Waals surface area contributed by atoms with E-state index in [-0.39, 0.29) is 0 Å². The summed E-state index contributed by atoms with van der Waals surface area (Å²) >= 11 is 0. The van der Waals surface area contributed by atoms with E-state index in [9.17, 15) is 10.1 Å².